The SMILES string of the molecule is C=C[C@@H](C)[C@H](O)C[C@@H](C)O[Si](C)(C)C(C)(C)C. The first-order chi connectivity index (χ1) is 7.51. The van der Waals surface area contributed by atoms with Gasteiger partial charge in [-0.15, -0.1) is 6.58 Å². The molecule has 0 saturated heterocycles. The van der Waals surface area contributed by atoms with Crippen LogP contribution in [0.3, 0.4) is 0 Å². The molecule has 3 atom stereocenters. The molecule has 0 radical (unpaired) electrons. The van der Waals surface area contributed by atoms with Crippen LogP contribution >= 0.6 is 0 Å². The van der Waals surface area contributed by atoms with Gasteiger partial charge in [-0.25, -0.2) is 0 Å². The van der Waals surface area contributed by atoms with Crippen molar-refractivity contribution in [2.24, 2.45) is 5.92 Å². The van der Waals surface area contributed by atoms with Crippen molar-refractivity contribution in [3.05, 3.63) is 12.7 Å². The lowest BCUT2D eigenvalue weighted by Crippen LogP contribution is -2.44. The summed E-state index contributed by atoms with van der Waals surface area (Å²) in [4.78, 5) is 0. The summed E-state index contributed by atoms with van der Waals surface area (Å²) in [5.41, 5.74) is 0. The van der Waals surface area contributed by atoms with E-state index in [1.54, 1.807) is 6.08 Å². The summed E-state index contributed by atoms with van der Waals surface area (Å²) in [6.07, 6.45) is 2.23. The predicted octanol–water partition coefficient (Wildman–Crippen LogP) is 3.97. The Hall–Kier alpha value is -0.123. The van der Waals surface area contributed by atoms with Crippen LogP contribution in [0.1, 0.15) is 41.0 Å². The molecule has 0 aromatic heterocycles. The largest absolute Gasteiger partial charge is 0.414 e. The number of rotatable bonds is 6. The van der Waals surface area contributed by atoms with E-state index in [4.69, 9.17) is 4.43 Å². The van der Waals surface area contributed by atoms with Crippen molar-refractivity contribution in [3.8, 4) is 0 Å². The van der Waals surface area contributed by atoms with Gasteiger partial charge in [0, 0.05) is 6.10 Å². The van der Waals surface area contributed by atoms with Gasteiger partial charge in [-0.2, -0.15) is 0 Å². The third-order valence-electron chi connectivity index (χ3n) is 3.85. The zero-order chi connectivity index (χ0) is 13.9. The normalized spacial score (nSPS) is 18.6. The molecule has 0 saturated carbocycles. The maximum atomic E-state index is 9.95. The lowest BCUT2D eigenvalue weighted by Gasteiger charge is -2.39. The minimum absolute atomic E-state index is 0.105. The molecule has 0 spiro atoms. The van der Waals surface area contributed by atoms with E-state index in [9.17, 15) is 5.11 Å². The Morgan fingerprint density at radius 1 is 1.29 bits per heavy atom. The highest BCUT2D eigenvalue weighted by Gasteiger charge is 2.38. The molecule has 0 unspecified atom stereocenters. The van der Waals surface area contributed by atoms with Gasteiger partial charge in [0.1, 0.15) is 0 Å². The van der Waals surface area contributed by atoms with Crippen LogP contribution in [0.4, 0.5) is 0 Å². The van der Waals surface area contributed by atoms with Crippen molar-refractivity contribution >= 4 is 8.32 Å². The van der Waals surface area contributed by atoms with Gasteiger partial charge >= 0.3 is 0 Å². The Balaban J connectivity index is 4.36. The molecule has 102 valence electrons. The summed E-state index contributed by atoms with van der Waals surface area (Å²) in [7, 11) is -1.72. The van der Waals surface area contributed by atoms with Crippen LogP contribution in [-0.2, 0) is 4.43 Å². The molecule has 0 bridgehead atoms. The molecule has 0 aromatic carbocycles. The second-order valence-corrected chi connectivity index (χ2v) is 11.3. The average Bonchev–Trinajstić information content (AvgIpc) is 2.13. The highest BCUT2D eigenvalue weighted by Crippen LogP contribution is 2.37. The van der Waals surface area contributed by atoms with E-state index >= 15 is 0 Å². The summed E-state index contributed by atoms with van der Waals surface area (Å²) >= 11 is 0. The Kier molecular flexibility index (Phi) is 6.12. The van der Waals surface area contributed by atoms with Gasteiger partial charge in [-0.05, 0) is 37.4 Å². The monoisotopic (exact) mass is 258 g/mol. The summed E-state index contributed by atoms with van der Waals surface area (Å²) in [6.45, 7) is 18.9. The molecule has 0 aliphatic carbocycles. The summed E-state index contributed by atoms with van der Waals surface area (Å²) in [6, 6.07) is 0. The fourth-order valence-electron chi connectivity index (χ4n) is 1.44. The standard InChI is InChI=1S/C14H30O2Si/c1-9-11(2)13(15)10-12(3)16-17(7,8)14(4,5)6/h9,11-13,15H,1,10H2,2-8H3/t11-,12-,13-/m1/s1. The molecule has 0 aliphatic rings. The number of hydrogen-bond donors (Lipinski definition) is 1. The molecular formula is C14H30O2Si. The molecule has 0 aromatic rings. The van der Waals surface area contributed by atoms with E-state index in [1.165, 1.54) is 0 Å². The van der Waals surface area contributed by atoms with Crippen LogP contribution in [-0.4, -0.2) is 25.6 Å². The van der Waals surface area contributed by atoms with Gasteiger partial charge in [-0.3, -0.25) is 0 Å². The van der Waals surface area contributed by atoms with Gasteiger partial charge in [0.05, 0.1) is 6.10 Å². The summed E-state index contributed by atoms with van der Waals surface area (Å²) < 4.78 is 6.21. The van der Waals surface area contributed by atoms with Crippen LogP contribution in [0.5, 0.6) is 0 Å². The molecule has 17 heavy (non-hydrogen) atoms. The molecule has 2 nitrogen and oxygen atoms in total. The minimum Gasteiger partial charge on any atom is -0.414 e. The number of aliphatic hydroxyl groups excluding tert-OH is 1. The van der Waals surface area contributed by atoms with Gasteiger partial charge < -0.3 is 9.53 Å². The fourth-order valence-corrected chi connectivity index (χ4v) is 2.90. The van der Waals surface area contributed by atoms with E-state index in [2.05, 4.69) is 47.4 Å². The van der Waals surface area contributed by atoms with Gasteiger partial charge in [0.2, 0.25) is 0 Å². The molecular weight excluding hydrogens is 228 g/mol. The van der Waals surface area contributed by atoms with Gasteiger partial charge in [0.25, 0.3) is 0 Å². The molecule has 0 amide bonds. The minimum atomic E-state index is -1.72. The highest BCUT2D eigenvalue weighted by atomic mass is 28.4. The first-order valence-corrected chi connectivity index (χ1v) is 9.40. The van der Waals surface area contributed by atoms with Crippen LogP contribution in [0.2, 0.25) is 18.1 Å². The van der Waals surface area contributed by atoms with E-state index in [1.807, 2.05) is 6.92 Å². The van der Waals surface area contributed by atoms with Crippen molar-refractivity contribution in [1.82, 2.24) is 0 Å². The second-order valence-electron chi connectivity index (χ2n) is 6.59. The predicted molar refractivity (Wildman–Crippen MR) is 77.7 cm³/mol. The van der Waals surface area contributed by atoms with Crippen molar-refractivity contribution < 1.29 is 9.53 Å². The third-order valence-corrected chi connectivity index (χ3v) is 8.46. The molecule has 3 heteroatoms. The molecule has 0 aliphatic heterocycles. The first-order valence-electron chi connectivity index (χ1n) is 6.49. The first kappa shape index (κ1) is 16.9. The average molecular weight is 258 g/mol. The van der Waals surface area contributed by atoms with Crippen LogP contribution in [0.15, 0.2) is 12.7 Å². The maximum absolute atomic E-state index is 9.95. The van der Waals surface area contributed by atoms with E-state index in [0.29, 0.717) is 6.42 Å². The lowest BCUT2D eigenvalue weighted by molar-refractivity contribution is 0.0733. The highest BCUT2D eigenvalue weighted by molar-refractivity contribution is 6.74. The zero-order valence-corrected chi connectivity index (χ0v) is 13.6. The summed E-state index contributed by atoms with van der Waals surface area (Å²) in [5, 5.41) is 10.2. The van der Waals surface area contributed by atoms with E-state index < -0.39 is 8.32 Å². The number of hydrogen-bond acceptors (Lipinski definition) is 2. The molecule has 0 fully saturated rings. The van der Waals surface area contributed by atoms with Crippen molar-refractivity contribution in [3.63, 3.8) is 0 Å². The number of aliphatic hydroxyl groups is 1. The quantitative estimate of drug-likeness (QED) is 0.577. The molecule has 1 N–H and O–H groups in total. The van der Waals surface area contributed by atoms with Crippen LogP contribution in [0.25, 0.3) is 0 Å². The second kappa shape index (κ2) is 6.16. The topological polar surface area (TPSA) is 29.5 Å². The Bertz CT molecular complexity index is 243. The van der Waals surface area contributed by atoms with E-state index in [0.717, 1.165) is 0 Å². The Morgan fingerprint density at radius 2 is 1.76 bits per heavy atom. The Morgan fingerprint density at radius 3 is 2.12 bits per heavy atom. The third kappa shape index (κ3) is 5.36. The van der Waals surface area contributed by atoms with Crippen molar-refractivity contribution in [1.29, 1.82) is 0 Å². The van der Waals surface area contributed by atoms with Gasteiger partial charge in [-0.1, -0.05) is 33.8 Å². The van der Waals surface area contributed by atoms with Crippen LogP contribution < -0.4 is 0 Å². The smallest absolute Gasteiger partial charge is 0.192 e. The van der Waals surface area contributed by atoms with Crippen LogP contribution in [0, 0.1) is 5.92 Å². The zero-order valence-electron chi connectivity index (χ0n) is 12.6. The molecule has 0 rings (SSSR count). The van der Waals surface area contributed by atoms with E-state index in [-0.39, 0.29) is 23.2 Å². The lowest BCUT2D eigenvalue weighted by atomic mass is 10.0. The maximum Gasteiger partial charge on any atom is 0.192 e. The van der Waals surface area contributed by atoms with Crippen molar-refractivity contribution in [2.45, 2.75) is 71.4 Å². The molecule has 0 heterocycles. The van der Waals surface area contributed by atoms with Crippen molar-refractivity contribution in [2.75, 3.05) is 0 Å². The fraction of sp³-hybridized carbons (Fsp3) is 0.857. The van der Waals surface area contributed by atoms with Gasteiger partial charge in [0.15, 0.2) is 8.32 Å². The summed E-state index contributed by atoms with van der Waals surface area (Å²) in [5.74, 6) is 0.125. The Labute approximate surface area is 108 Å².